The van der Waals surface area contributed by atoms with E-state index in [1.54, 1.807) is 17.5 Å². The average molecular weight is 407 g/mol. The van der Waals surface area contributed by atoms with Gasteiger partial charge in [0.1, 0.15) is 5.01 Å². The molecule has 26 heavy (non-hydrogen) atoms. The fourth-order valence-electron chi connectivity index (χ4n) is 2.06. The van der Waals surface area contributed by atoms with Gasteiger partial charge in [0.2, 0.25) is 0 Å². The molecule has 0 fully saturated rings. The molecular formula is C18H12Cl2N2O3S. The Kier molecular flexibility index (Phi) is 5.88. The first kappa shape index (κ1) is 18.4. The molecule has 1 heterocycles. The van der Waals surface area contributed by atoms with Crippen molar-refractivity contribution in [2.24, 2.45) is 0 Å². The van der Waals surface area contributed by atoms with Crippen molar-refractivity contribution in [1.82, 2.24) is 4.98 Å². The summed E-state index contributed by atoms with van der Waals surface area (Å²) >= 11 is 13.1. The van der Waals surface area contributed by atoms with Crippen molar-refractivity contribution in [2.45, 2.75) is 0 Å². The minimum absolute atomic E-state index is 0.158. The van der Waals surface area contributed by atoms with Gasteiger partial charge in [0, 0.05) is 16.0 Å². The van der Waals surface area contributed by atoms with Gasteiger partial charge in [-0.2, -0.15) is 0 Å². The number of nitrogens with zero attached hydrogens (tertiary/aromatic N) is 1. The highest BCUT2D eigenvalue weighted by Crippen LogP contribution is 2.25. The first-order valence-electron chi connectivity index (χ1n) is 7.46. The summed E-state index contributed by atoms with van der Waals surface area (Å²) in [4.78, 5) is 28.2. The van der Waals surface area contributed by atoms with Gasteiger partial charge in [-0.1, -0.05) is 53.5 Å². The average Bonchev–Trinajstić information content (AvgIpc) is 3.13. The Balaban J connectivity index is 1.57. The van der Waals surface area contributed by atoms with Crippen LogP contribution in [-0.4, -0.2) is 23.5 Å². The smallest absolute Gasteiger partial charge is 0.358 e. The summed E-state index contributed by atoms with van der Waals surface area (Å²) in [5.41, 5.74) is 1.45. The number of amides is 1. The Morgan fingerprint density at radius 2 is 1.88 bits per heavy atom. The van der Waals surface area contributed by atoms with Crippen LogP contribution in [0.5, 0.6) is 0 Å². The molecule has 3 aromatic rings. The molecule has 8 heteroatoms. The number of thiazole rings is 1. The van der Waals surface area contributed by atoms with Crippen molar-refractivity contribution < 1.29 is 14.3 Å². The van der Waals surface area contributed by atoms with Crippen LogP contribution in [0.3, 0.4) is 0 Å². The summed E-state index contributed by atoms with van der Waals surface area (Å²) < 4.78 is 5.00. The monoisotopic (exact) mass is 406 g/mol. The number of anilines is 1. The van der Waals surface area contributed by atoms with Gasteiger partial charge in [-0.05, 0) is 18.2 Å². The molecule has 0 aliphatic carbocycles. The molecule has 0 atom stereocenters. The summed E-state index contributed by atoms with van der Waals surface area (Å²) in [6.07, 6.45) is 0. The molecule has 1 aromatic heterocycles. The molecule has 132 valence electrons. The summed E-state index contributed by atoms with van der Waals surface area (Å²) in [5, 5.41) is 5.60. The van der Waals surface area contributed by atoms with Gasteiger partial charge in [0.05, 0.1) is 10.7 Å². The lowest BCUT2D eigenvalue weighted by atomic mass is 10.2. The maximum absolute atomic E-state index is 12.1. The van der Waals surface area contributed by atoms with E-state index in [-0.39, 0.29) is 5.69 Å². The quantitative estimate of drug-likeness (QED) is 0.610. The highest BCUT2D eigenvalue weighted by atomic mass is 35.5. The van der Waals surface area contributed by atoms with Crippen molar-refractivity contribution in [3.63, 3.8) is 0 Å². The van der Waals surface area contributed by atoms with Crippen LogP contribution in [0.25, 0.3) is 10.6 Å². The fourth-order valence-corrected chi connectivity index (χ4v) is 3.31. The van der Waals surface area contributed by atoms with E-state index in [0.717, 1.165) is 5.56 Å². The Labute approximate surface area is 163 Å². The number of hydrogen-bond donors (Lipinski definition) is 1. The molecule has 3 rings (SSSR count). The van der Waals surface area contributed by atoms with Crippen molar-refractivity contribution >= 4 is 52.1 Å². The van der Waals surface area contributed by atoms with E-state index in [4.69, 9.17) is 27.9 Å². The standard InChI is InChI=1S/C18H12Cl2N2O3S/c19-12-6-7-14(13(20)8-12)21-16(23)9-25-18(24)15-10-26-17(22-15)11-4-2-1-3-5-11/h1-8,10H,9H2,(H,21,23). The Hall–Kier alpha value is -2.41. The molecule has 0 radical (unpaired) electrons. The Morgan fingerprint density at radius 1 is 1.12 bits per heavy atom. The molecule has 0 bridgehead atoms. The van der Waals surface area contributed by atoms with Crippen molar-refractivity contribution in [3.05, 3.63) is 69.7 Å². The van der Waals surface area contributed by atoms with Crippen molar-refractivity contribution in [2.75, 3.05) is 11.9 Å². The maximum atomic E-state index is 12.1. The van der Waals surface area contributed by atoms with Crippen LogP contribution in [0.2, 0.25) is 10.0 Å². The van der Waals surface area contributed by atoms with E-state index in [2.05, 4.69) is 10.3 Å². The third-order valence-corrected chi connectivity index (χ3v) is 4.71. The zero-order valence-electron chi connectivity index (χ0n) is 13.2. The minimum atomic E-state index is -0.666. The molecular weight excluding hydrogens is 395 g/mol. The van der Waals surface area contributed by atoms with Gasteiger partial charge < -0.3 is 10.1 Å². The first-order chi connectivity index (χ1) is 12.5. The number of nitrogens with one attached hydrogen (secondary N) is 1. The molecule has 0 aliphatic rings. The number of esters is 1. The van der Waals surface area contributed by atoms with Crippen LogP contribution < -0.4 is 5.32 Å². The summed E-state index contributed by atoms with van der Waals surface area (Å²) in [6, 6.07) is 14.1. The van der Waals surface area contributed by atoms with Crippen molar-refractivity contribution in [1.29, 1.82) is 0 Å². The van der Waals surface area contributed by atoms with Crippen LogP contribution in [-0.2, 0) is 9.53 Å². The van der Waals surface area contributed by atoms with Gasteiger partial charge >= 0.3 is 5.97 Å². The molecule has 0 saturated heterocycles. The maximum Gasteiger partial charge on any atom is 0.358 e. The summed E-state index contributed by atoms with van der Waals surface area (Å²) in [7, 11) is 0. The van der Waals surface area contributed by atoms with E-state index in [1.807, 2.05) is 30.3 Å². The lowest BCUT2D eigenvalue weighted by Gasteiger charge is -2.07. The number of carbonyl (C=O) groups is 2. The predicted octanol–water partition coefficient (Wildman–Crippen LogP) is 4.91. The van der Waals surface area contributed by atoms with Gasteiger partial charge in [-0.15, -0.1) is 11.3 Å². The normalized spacial score (nSPS) is 10.4. The zero-order chi connectivity index (χ0) is 18.5. The number of halogens is 2. The van der Waals surface area contributed by atoms with Crippen LogP contribution in [0.4, 0.5) is 5.69 Å². The predicted molar refractivity (Wildman–Crippen MR) is 103 cm³/mol. The second kappa shape index (κ2) is 8.31. The van der Waals surface area contributed by atoms with Crippen LogP contribution in [0.1, 0.15) is 10.5 Å². The minimum Gasteiger partial charge on any atom is -0.451 e. The molecule has 0 unspecified atom stereocenters. The number of ether oxygens (including phenoxy) is 1. The van der Waals surface area contributed by atoms with E-state index >= 15 is 0 Å². The third-order valence-electron chi connectivity index (χ3n) is 3.27. The van der Waals surface area contributed by atoms with Crippen LogP contribution >= 0.6 is 34.5 Å². The number of hydrogen-bond acceptors (Lipinski definition) is 5. The van der Waals surface area contributed by atoms with Crippen LogP contribution in [0, 0.1) is 0 Å². The molecule has 0 spiro atoms. The molecule has 2 aromatic carbocycles. The molecule has 5 nitrogen and oxygen atoms in total. The molecule has 0 saturated carbocycles. The van der Waals surface area contributed by atoms with E-state index in [9.17, 15) is 9.59 Å². The SMILES string of the molecule is O=C(COC(=O)c1csc(-c2ccccc2)n1)Nc1ccc(Cl)cc1Cl. The van der Waals surface area contributed by atoms with Gasteiger partial charge in [0.15, 0.2) is 12.3 Å². The second-order valence-corrected chi connectivity index (χ2v) is 6.85. The van der Waals surface area contributed by atoms with Gasteiger partial charge in [-0.3, -0.25) is 4.79 Å². The molecule has 1 N–H and O–H groups in total. The number of benzene rings is 2. The number of aromatic nitrogens is 1. The van der Waals surface area contributed by atoms with Gasteiger partial charge in [0.25, 0.3) is 5.91 Å². The number of carbonyl (C=O) groups excluding carboxylic acids is 2. The fraction of sp³-hybridized carbons (Fsp3) is 0.0556. The lowest BCUT2D eigenvalue weighted by molar-refractivity contribution is -0.119. The largest absolute Gasteiger partial charge is 0.451 e. The summed E-state index contributed by atoms with van der Waals surface area (Å²) in [5.74, 6) is -1.18. The number of rotatable bonds is 5. The van der Waals surface area contributed by atoms with E-state index < -0.39 is 18.5 Å². The first-order valence-corrected chi connectivity index (χ1v) is 9.09. The second-order valence-electron chi connectivity index (χ2n) is 5.15. The van der Waals surface area contributed by atoms with E-state index in [1.165, 1.54) is 17.4 Å². The molecule has 1 amide bonds. The lowest BCUT2D eigenvalue weighted by Crippen LogP contribution is -2.21. The van der Waals surface area contributed by atoms with Gasteiger partial charge in [-0.25, -0.2) is 9.78 Å². The van der Waals surface area contributed by atoms with Crippen LogP contribution in [0.15, 0.2) is 53.9 Å². The summed E-state index contributed by atoms with van der Waals surface area (Å²) in [6.45, 7) is -0.448. The topological polar surface area (TPSA) is 68.3 Å². The third kappa shape index (κ3) is 4.60. The Bertz CT molecular complexity index is 945. The Morgan fingerprint density at radius 3 is 2.62 bits per heavy atom. The zero-order valence-corrected chi connectivity index (χ0v) is 15.6. The highest BCUT2D eigenvalue weighted by molar-refractivity contribution is 7.13. The highest BCUT2D eigenvalue weighted by Gasteiger charge is 2.15. The van der Waals surface area contributed by atoms with E-state index in [0.29, 0.717) is 20.7 Å². The molecule has 0 aliphatic heterocycles. The van der Waals surface area contributed by atoms with Crippen molar-refractivity contribution in [3.8, 4) is 10.6 Å².